The molecular formula is C12H14FNO4S. The van der Waals surface area contributed by atoms with Gasteiger partial charge in [0.15, 0.2) is 0 Å². The van der Waals surface area contributed by atoms with Crippen LogP contribution in [0.15, 0.2) is 29.2 Å². The van der Waals surface area contributed by atoms with Crippen molar-refractivity contribution in [3.63, 3.8) is 0 Å². The predicted octanol–water partition coefficient (Wildman–Crippen LogP) is 1.50. The maximum Gasteiger partial charge on any atom is 0.268 e. The second-order valence-corrected chi connectivity index (χ2v) is 5.92. The third kappa shape index (κ3) is 2.62. The molecule has 1 aromatic rings. The van der Waals surface area contributed by atoms with E-state index in [4.69, 9.17) is 4.74 Å². The summed E-state index contributed by atoms with van der Waals surface area (Å²) in [6.45, 7) is 2.02. The summed E-state index contributed by atoms with van der Waals surface area (Å²) in [4.78, 5) is 11.5. The lowest BCUT2D eigenvalue weighted by Crippen LogP contribution is -2.40. The third-order valence-electron chi connectivity index (χ3n) is 2.82. The Hall–Kier alpha value is -1.47. The Balaban J connectivity index is 2.40. The SMILES string of the molecule is CCOC1CCC(=O)N1S(=O)(=O)c1cccc(F)c1. The van der Waals surface area contributed by atoms with Crippen molar-refractivity contribution in [2.75, 3.05) is 6.61 Å². The van der Waals surface area contributed by atoms with Crippen molar-refractivity contribution in [3.05, 3.63) is 30.1 Å². The first-order valence-electron chi connectivity index (χ1n) is 5.91. The van der Waals surface area contributed by atoms with Gasteiger partial charge in [0.2, 0.25) is 5.91 Å². The number of rotatable bonds is 4. The van der Waals surface area contributed by atoms with E-state index in [1.165, 1.54) is 12.1 Å². The second kappa shape index (κ2) is 5.26. The molecule has 0 N–H and O–H groups in total. The van der Waals surface area contributed by atoms with Crippen LogP contribution in [0.1, 0.15) is 19.8 Å². The van der Waals surface area contributed by atoms with Crippen LogP contribution in [-0.2, 0) is 19.6 Å². The first kappa shape index (κ1) is 14.0. The van der Waals surface area contributed by atoms with Gasteiger partial charge in [-0.3, -0.25) is 4.79 Å². The summed E-state index contributed by atoms with van der Waals surface area (Å²) in [5, 5.41) is 0. The molecule has 1 aliphatic heterocycles. The molecule has 7 heteroatoms. The number of carbonyl (C=O) groups is 1. The van der Waals surface area contributed by atoms with Gasteiger partial charge in [-0.1, -0.05) is 6.07 Å². The highest BCUT2D eigenvalue weighted by atomic mass is 32.2. The van der Waals surface area contributed by atoms with Crippen molar-refractivity contribution in [1.82, 2.24) is 4.31 Å². The minimum absolute atomic E-state index is 0.110. The van der Waals surface area contributed by atoms with E-state index >= 15 is 0 Å². The molecule has 0 bridgehead atoms. The summed E-state index contributed by atoms with van der Waals surface area (Å²) in [5.74, 6) is -1.19. The van der Waals surface area contributed by atoms with Gasteiger partial charge in [-0.2, -0.15) is 0 Å². The molecule has 1 fully saturated rings. The van der Waals surface area contributed by atoms with E-state index in [2.05, 4.69) is 0 Å². The molecule has 0 radical (unpaired) electrons. The van der Waals surface area contributed by atoms with E-state index in [1.54, 1.807) is 6.92 Å². The Labute approximate surface area is 111 Å². The van der Waals surface area contributed by atoms with Crippen LogP contribution in [0.5, 0.6) is 0 Å². The molecule has 0 spiro atoms. The predicted molar refractivity (Wildman–Crippen MR) is 65.1 cm³/mol. The zero-order chi connectivity index (χ0) is 14.0. The molecule has 1 heterocycles. The maximum atomic E-state index is 13.1. The first-order valence-corrected chi connectivity index (χ1v) is 7.35. The van der Waals surface area contributed by atoms with E-state index in [0.717, 1.165) is 12.1 Å². The molecule has 2 rings (SSSR count). The molecule has 104 valence electrons. The minimum atomic E-state index is -4.06. The summed E-state index contributed by atoms with van der Waals surface area (Å²) in [6.07, 6.45) is -0.369. The van der Waals surface area contributed by atoms with Crippen LogP contribution in [-0.4, -0.2) is 31.5 Å². The van der Waals surface area contributed by atoms with Gasteiger partial charge < -0.3 is 4.74 Å². The van der Waals surface area contributed by atoms with Crippen LogP contribution in [0.25, 0.3) is 0 Å². The summed E-state index contributed by atoms with van der Waals surface area (Å²) in [6, 6.07) is 4.58. The maximum absolute atomic E-state index is 13.1. The summed E-state index contributed by atoms with van der Waals surface area (Å²) < 4.78 is 43.8. The molecule has 1 aliphatic rings. The molecule has 1 amide bonds. The number of nitrogens with zero attached hydrogens (tertiary/aromatic N) is 1. The summed E-state index contributed by atoms with van der Waals surface area (Å²) >= 11 is 0. The average molecular weight is 287 g/mol. The van der Waals surface area contributed by atoms with Gasteiger partial charge in [0.05, 0.1) is 4.90 Å². The highest BCUT2D eigenvalue weighted by molar-refractivity contribution is 7.89. The fourth-order valence-electron chi connectivity index (χ4n) is 2.01. The first-order chi connectivity index (χ1) is 8.96. The van der Waals surface area contributed by atoms with Crippen molar-refractivity contribution in [2.45, 2.75) is 30.9 Å². The Morgan fingerprint density at radius 1 is 1.47 bits per heavy atom. The van der Waals surface area contributed by atoms with Crippen molar-refractivity contribution >= 4 is 15.9 Å². The molecule has 1 unspecified atom stereocenters. The molecule has 0 aliphatic carbocycles. The largest absolute Gasteiger partial charge is 0.357 e. The van der Waals surface area contributed by atoms with Crippen molar-refractivity contribution in [2.24, 2.45) is 0 Å². The Bertz CT molecular complexity index is 587. The van der Waals surface area contributed by atoms with Crippen LogP contribution in [0.3, 0.4) is 0 Å². The standard InChI is InChI=1S/C12H14FNO4S/c1-2-18-12-7-6-11(15)14(12)19(16,17)10-5-3-4-9(13)8-10/h3-5,8,12H,2,6-7H2,1H3. The minimum Gasteiger partial charge on any atom is -0.357 e. The quantitative estimate of drug-likeness (QED) is 0.842. The number of benzene rings is 1. The van der Waals surface area contributed by atoms with Crippen molar-refractivity contribution < 1.29 is 22.3 Å². The van der Waals surface area contributed by atoms with Gasteiger partial charge in [-0.15, -0.1) is 0 Å². The van der Waals surface area contributed by atoms with Crippen molar-refractivity contribution in [1.29, 1.82) is 0 Å². The van der Waals surface area contributed by atoms with Crippen LogP contribution in [0.2, 0.25) is 0 Å². The monoisotopic (exact) mass is 287 g/mol. The van der Waals surface area contributed by atoms with Gasteiger partial charge in [0, 0.05) is 19.4 Å². The van der Waals surface area contributed by atoms with Crippen LogP contribution >= 0.6 is 0 Å². The van der Waals surface area contributed by atoms with Crippen LogP contribution < -0.4 is 0 Å². The second-order valence-electron chi connectivity index (χ2n) is 4.10. The van der Waals surface area contributed by atoms with E-state index in [-0.39, 0.29) is 11.3 Å². The molecule has 5 nitrogen and oxygen atoms in total. The number of ether oxygens (including phenoxy) is 1. The fourth-order valence-corrected chi connectivity index (χ4v) is 3.58. The zero-order valence-corrected chi connectivity index (χ0v) is 11.2. The number of carbonyl (C=O) groups excluding carboxylic acids is 1. The van der Waals surface area contributed by atoms with Gasteiger partial charge in [-0.05, 0) is 25.1 Å². The fraction of sp³-hybridized carbons (Fsp3) is 0.417. The van der Waals surface area contributed by atoms with Crippen LogP contribution in [0, 0.1) is 5.82 Å². The smallest absolute Gasteiger partial charge is 0.268 e. The van der Waals surface area contributed by atoms with Gasteiger partial charge in [0.1, 0.15) is 12.0 Å². The number of sulfonamides is 1. The Morgan fingerprint density at radius 2 is 2.21 bits per heavy atom. The average Bonchev–Trinajstić information content (AvgIpc) is 2.71. The Kier molecular flexibility index (Phi) is 3.86. The topological polar surface area (TPSA) is 63.7 Å². The van der Waals surface area contributed by atoms with Crippen molar-refractivity contribution in [3.8, 4) is 0 Å². The zero-order valence-electron chi connectivity index (χ0n) is 10.4. The van der Waals surface area contributed by atoms with Gasteiger partial charge in [-0.25, -0.2) is 17.1 Å². The lowest BCUT2D eigenvalue weighted by molar-refractivity contribution is -0.128. The molecule has 19 heavy (non-hydrogen) atoms. The number of hydrogen-bond acceptors (Lipinski definition) is 4. The molecular weight excluding hydrogens is 273 g/mol. The normalized spacial score (nSPS) is 20.0. The van der Waals surface area contributed by atoms with Gasteiger partial charge >= 0.3 is 0 Å². The van der Waals surface area contributed by atoms with E-state index in [0.29, 0.717) is 17.3 Å². The molecule has 0 saturated carbocycles. The molecule has 1 saturated heterocycles. The number of hydrogen-bond donors (Lipinski definition) is 0. The lowest BCUT2D eigenvalue weighted by atomic mass is 10.3. The summed E-state index contributed by atoms with van der Waals surface area (Å²) in [7, 11) is -4.06. The highest BCUT2D eigenvalue weighted by Gasteiger charge is 2.41. The van der Waals surface area contributed by atoms with E-state index in [9.17, 15) is 17.6 Å². The van der Waals surface area contributed by atoms with Gasteiger partial charge in [0.25, 0.3) is 10.0 Å². The highest BCUT2D eigenvalue weighted by Crippen LogP contribution is 2.28. The van der Waals surface area contributed by atoms with E-state index in [1.807, 2.05) is 0 Å². The molecule has 0 aromatic heterocycles. The van der Waals surface area contributed by atoms with E-state index < -0.39 is 28.0 Å². The number of amides is 1. The third-order valence-corrected chi connectivity index (χ3v) is 4.63. The van der Waals surface area contributed by atoms with Crippen LogP contribution in [0.4, 0.5) is 4.39 Å². The number of halogens is 1. The molecule has 1 aromatic carbocycles. The lowest BCUT2D eigenvalue weighted by Gasteiger charge is -2.23. The Morgan fingerprint density at radius 3 is 2.84 bits per heavy atom. The summed E-state index contributed by atoms with van der Waals surface area (Å²) in [5.41, 5.74) is 0. The molecule has 1 atom stereocenters.